The van der Waals surface area contributed by atoms with Gasteiger partial charge in [-0.25, -0.2) is 0 Å². The van der Waals surface area contributed by atoms with Crippen molar-refractivity contribution in [2.45, 2.75) is 12.5 Å². The molecule has 0 spiro atoms. The van der Waals surface area contributed by atoms with Crippen LogP contribution in [0, 0.1) is 3.70 Å². The number of halogens is 1. The third kappa shape index (κ3) is 4.91. The summed E-state index contributed by atoms with van der Waals surface area (Å²) < 4.78 is 7.09. The lowest BCUT2D eigenvalue weighted by molar-refractivity contribution is 0.287. The second-order valence-corrected chi connectivity index (χ2v) is 9.04. The van der Waals surface area contributed by atoms with Crippen molar-refractivity contribution in [3.05, 3.63) is 100 Å². The molecule has 5 rings (SSSR count). The van der Waals surface area contributed by atoms with E-state index in [0.717, 1.165) is 43.4 Å². The Morgan fingerprint density at radius 1 is 0.909 bits per heavy atom. The molecule has 0 radical (unpaired) electrons. The molecule has 0 unspecified atom stereocenters. The Balaban J connectivity index is 1.46. The van der Waals surface area contributed by atoms with Gasteiger partial charge in [-0.15, -0.1) is 0 Å². The predicted molar refractivity (Wildman–Crippen MR) is 141 cm³/mol. The van der Waals surface area contributed by atoms with E-state index in [4.69, 9.17) is 15.5 Å². The number of aromatic amines is 1. The van der Waals surface area contributed by atoms with E-state index in [0.29, 0.717) is 12.4 Å². The first-order chi connectivity index (χ1) is 16.2. The molecule has 0 aliphatic heterocycles. The van der Waals surface area contributed by atoms with Crippen LogP contribution in [-0.2, 0) is 6.42 Å². The summed E-state index contributed by atoms with van der Waals surface area (Å²) in [7, 11) is 0. The predicted octanol–water partition coefficient (Wildman–Crippen LogP) is 5.85. The molecule has 5 aromatic rings. The number of benzene rings is 3. The van der Waals surface area contributed by atoms with E-state index in [1.54, 1.807) is 6.20 Å². The highest BCUT2D eigenvalue weighted by molar-refractivity contribution is 14.1. The summed E-state index contributed by atoms with van der Waals surface area (Å²) in [6, 6.07) is 28.6. The second-order valence-electron chi connectivity index (χ2n) is 7.96. The number of aromatic nitrogens is 3. The van der Waals surface area contributed by atoms with Gasteiger partial charge in [-0.3, -0.25) is 10.1 Å². The van der Waals surface area contributed by atoms with Crippen LogP contribution in [-0.4, -0.2) is 27.8 Å². The highest BCUT2D eigenvalue weighted by atomic mass is 127. The molecule has 0 bridgehead atoms. The summed E-state index contributed by atoms with van der Waals surface area (Å²) >= 11 is 2.27. The molecule has 0 amide bonds. The maximum Gasteiger partial charge on any atom is 0.138 e. The molecule has 2 aromatic heterocycles. The number of ether oxygens (including phenoxy) is 1. The topological polar surface area (TPSA) is 76.8 Å². The zero-order valence-electron chi connectivity index (χ0n) is 17.9. The van der Waals surface area contributed by atoms with Crippen molar-refractivity contribution in [1.29, 1.82) is 0 Å². The minimum atomic E-state index is -0.103. The highest BCUT2D eigenvalue weighted by Crippen LogP contribution is 2.35. The van der Waals surface area contributed by atoms with Crippen molar-refractivity contribution < 1.29 is 4.74 Å². The van der Waals surface area contributed by atoms with Gasteiger partial charge in [0.2, 0.25) is 0 Å². The normalized spacial score (nSPS) is 12.1. The van der Waals surface area contributed by atoms with E-state index < -0.39 is 0 Å². The monoisotopic (exact) mass is 546 g/mol. The molecule has 6 heteroatoms. The zero-order chi connectivity index (χ0) is 22.6. The lowest BCUT2D eigenvalue weighted by Gasteiger charge is -2.16. The maximum absolute atomic E-state index is 6.33. The SMILES string of the molecule is N[C@H](COc1cnc(-c2ccccc2)c(-c2ccc3n[nH]c(I)c3c2)c1)Cc1ccccc1. The van der Waals surface area contributed by atoms with Gasteiger partial charge in [-0.1, -0.05) is 66.7 Å². The number of fused-ring (bicyclic) bond motifs is 1. The molecule has 2 heterocycles. The van der Waals surface area contributed by atoms with E-state index in [-0.39, 0.29) is 6.04 Å². The Labute approximate surface area is 206 Å². The van der Waals surface area contributed by atoms with Crippen LogP contribution in [0.1, 0.15) is 5.56 Å². The van der Waals surface area contributed by atoms with Gasteiger partial charge >= 0.3 is 0 Å². The number of hydrogen-bond acceptors (Lipinski definition) is 4. The molecule has 0 aliphatic carbocycles. The lowest BCUT2D eigenvalue weighted by Crippen LogP contribution is -2.30. The minimum absolute atomic E-state index is 0.103. The van der Waals surface area contributed by atoms with Crippen molar-refractivity contribution in [2.24, 2.45) is 5.73 Å². The molecular formula is C27H23IN4O. The van der Waals surface area contributed by atoms with Crippen molar-refractivity contribution in [1.82, 2.24) is 15.2 Å². The van der Waals surface area contributed by atoms with E-state index >= 15 is 0 Å². The number of H-pyrrole nitrogens is 1. The molecular weight excluding hydrogens is 523 g/mol. The van der Waals surface area contributed by atoms with Gasteiger partial charge in [0.05, 0.1) is 17.4 Å². The number of pyridine rings is 1. The van der Waals surface area contributed by atoms with Crippen LogP contribution in [0.5, 0.6) is 5.75 Å². The fraction of sp³-hybridized carbons (Fsp3) is 0.111. The van der Waals surface area contributed by atoms with Crippen LogP contribution in [0.25, 0.3) is 33.3 Å². The molecule has 3 N–H and O–H groups in total. The first-order valence-corrected chi connectivity index (χ1v) is 11.9. The van der Waals surface area contributed by atoms with E-state index in [2.05, 4.69) is 75.3 Å². The first kappa shape index (κ1) is 21.6. The molecule has 0 aliphatic rings. The molecule has 0 saturated carbocycles. The summed E-state index contributed by atoms with van der Waals surface area (Å²) in [5, 5.41) is 8.48. The first-order valence-electron chi connectivity index (χ1n) is 10.8. The molecule has 0 fully saturated rings. The van der Waals surface area contributed by atoms with Gasteiger partial charge in [0, 0.05) is 22.6 Å². The van der Waals surface area contributed by atoms with Crippen LogP contribution in [0.15, 0.2) is 91.1 Å². The quantitative estimate of drug-likeness (QED) is 0.252. The Morgan fingerprint density at radius 2 is 1.67 bits per heavy atom. The Morgan fingerprint density at radius 3 is 2.45 bits per heavy atom. The van der Waals surface area contributed by atoms with Crippen molar-refractivity contribution in [2.75, 3.05) is 6.61 Å². The van der Waals surface area contributed by atoms with Crippen LogP contribution < -0.4 is 10.5 Å². The summed E-state index contributed by atoms with van der Waals surface area (Å²) in [5.74, 6) is 0.704. The van der Waals surface area contributed by atoms with Gasteiger partial charge < -0.3 is 10.5 Å². The number of nitrogens with zero attached hydrogens (tertiary/aromatic N) is 2. The van der Waals surface area contributed by atoms with E-state index in [1.807, 2.05) is 42.5 Å². The lowest BCUT2D eigenvalue weighted by atomic mass is 9.98. The summed E-state index contributed by atoms with van der Waals surface area (Å²) in [6.07, 6.45) is 2.54. The molecule has 1 atom stereocenters. The highest BCUT2D eigenvalue weighted by Gasteiger charge is 2.14. The summed E-state index contributed by atoms with van der Waals surface area (Å²) in [4.78, 5) is 4.79. The third-order valence-corrected chi connectivity index (χ3v) is 6.36. The summed E-state index contributed by atoms with van der Waals surface area (Å²) in [6.45, 7) is 0.416. The fourth-order valence-corrected chi connectivity index (χ4v) is 4.45. The van der Waals surface area contributed by atoms with Gasteiger partial charge in [0.25, 0.3) is 0 Å². The number of nitrogens with one attached hydrogen (secondary N) is 1. The Hall–Kier alpha value is -3.23. The number of nitrogens with two attached hydrogens (primary N) is 1. The van der Waals surface area contributed by atoms with Crippen molar-refractivity contribution in [3.63, 3.8) is 0 Å². The van der Waals surface area contributed by atoms with Gasteiger partial charge in [0.15, 0.2) is 0 Å². The number of rotatable bonds is 7. The van der Waals surface area contributed by atoms with Crippen LogP contribution in [0.2, 0.25) is 0 Å². The molecule has 5 nitrogen and oxygen atoms in total. The van der Waals surface area contributed by atoms with Gasteiger partial charge in [0.1, 0.15) is 16.1 Å². The average molecular weight is 546 g/mol. The van der Waals surface area contributed by atoms with Crippen LogP contribution >= 0.6 is 22.6 Å². The van der Waals surface area contributed by atoms with Crippen LogP contribution in [0.3, 0.4) is 0 Å². The molecule has 164 valence electrons. The Kier molecular flexibility index (Phi) is 6.37. The largest absolute Gasteiger partial charge is 0.490 e. The van der Waals surface area contributed by atoms with E-state index in [1.165, 1.54) is 5.56 Å². The standard InChI is InChI=1S/C27H23IN4O/c28-27-24-14-20(11-12-25(24)31-32-27)23-15-22(16-30-26(23)19-9-5-2-6-10-19)33-17-21(29)13-18-7-3-1-4-8-18/h1-12,14-16,21H,13,17,29H2,(H,31,32)/t21-/m0/s1. The summed E-state index contributed by atoms with van der Waals surface area (Å²) in [5.41, 5.74) is 12.5. The number of hydrogen-bond donors (Lipinski definition) is 2. The Bertz CT molecular complexity index is 1370. The average Bonchev–Trinajstić information content (AvgIpc) is 3.24. The smallest absolute Gasteiger partial charge is 0.138 e. The minimum Gasteiger partial charge on any atom is -0.490 e. The molecule has 33 heavy (non-hydrogen) atoms. The van der Waals surface area contributed by atoms with E-state index in [9.17, 15) is 0 Å². The van der Waals surface area contributed by atoms with Crippen molar-refractivity contribution in [3.8, 4) is 28.1 Å². The van der Waals surface area contributed by atoms with Gasteiger partial charge in [-0.05, 0) is 58.3 Å². The van der Waals surface area contributed by atoms with Gasteiger partial charge in [-0.2, -0.15) is 5.10 Å². The third-order valence-electron chi connectivity index (χ3n) is 5.53. The second kappa shape index (κ2) is 9.72. The maximum atomic E-state index is 6.33. The molecule has 0 saturated heterocycles. The molecule has 3 aromatic carbocycles. The zero-order valence-corrected chi connectivity index (χ0v) is 20.1. The van der Waals surface area contributed by atoms with Crippen molar-refractivity contribution >= 4 is 33.5 Å². The van der Waals surface area contributed by atoms with Crippen LogP contribution in [0.4, 0.5) is 0 Å². The fourth-order valence-electron chi connectivity index (χ4n) is 3.90.